The highest BCUT2D eigenvalue weighted by Crippen LogP contribution is 2.47. The third-order valence-corrected chi connectivity index (χ3v) is 18.0. The molecule has 2 fully saturated rings. The van der Waals surface area contributed by atoms with E-state index in [0.717, 1.165) is 39.2 Å². The van der Waals surface area contributed by atoms with Crippen LogP contribution in [0.4, 0.5) is 26.7 Å². The first-order valence-electron chi connectivity index (χ1n) is 32.0. The molecule has 0 aliphatic carbocycles. The van der Waals surface area contributed by atoms with Crippen LogP contribution in [0.3, 0.4) is 0 Å². The van der Waals surface area contributed by atoms with Gasteiger partial charge in [0.2, 0.25) is 23.6 Å². The Labute approximate surface area is 540 Å². The molecule has 0 bridgehead atoms. The number of alkyl halides is 1. The molecule has 6 N–H and O–H groups in total. The number of nitrogens with zero attached hydrogens (tertiary/aromatic N) is 6. The Kier molecular flexibility index (Phi) is 23.5. The molecule has 0 saturated carbocycles. The number of fused-ring (bicyclic) bond motifs is 5. The van der Waals surface area contributed by atoms with E-state index in [4.69, 9.17) is 36.3 Å². The average Bonchev–Trinajstić information content (AvgIpc) is 1.57. The summed E-state index contributed by atoms with van der Waals surface area (Å²) in [7, 11) is 3.46. The zero-order valence-electron chi connectivity index (χ0n) is 52.8. The van der Waals surface area contributed by atoms with E-state index in [9.17, 15) is 48.3 Å². The van der Waals surface area contributed by atoms with Crippen molar-refractivity contribution in [3.8, 4) is 17.2 Å². The number of imide groups is 1. The van der Waals surface area contributed by atoms with Gasteiger partial charge < -0.3 is 65.3 Å². The number of halogens is 1. The molecule has 25 heteroatoms. The minimum atomic E-state index is -1.48. The van der Waals surface area contributed by atoms with Crippen molar-refractivity contribution < 1.29 is 67.2 Å². The number of anilines is 3. The molecule has 0 radical (unpaired) electrons. The van der Waals surface area contributed by atoms with Crippen LogP contribution in [0.1, 0.15) is 125 Å². The lowest BCUT2D eigenvalue weighted by Crippen LogP contribution is -2.54. The average molecular weight is 1290 g/mol. The number of aliphatic hydroxyl groups excluding tert-OH is 1. The quantitative estimate of drug-likeness (QED) is 0.0214. The summed E-state index contributed by atoms with van der Waals surface area (Å²) < 4.78 is 23.9. The lowest BCUT2D eigenvalue weighted by molar-refractivity contribution is -0.137. The number of benzene rings is 4. The Hall–Kier alpha value is -8.32. The summed E-state index contributed by atoms with van der Waals surface area (Å²) in [6, 6.07) is 16.4. The molecular formula is C67H85ClN10O14. The molecule has 0 aromatic heterocycles. The number of carbonyl (C=O) groups is 9. The molecule has 2 saturated heterocycles. The second-order valence-corrected chi connectivity index (χ2v) is 24.7. The summed E-state index contributed by atoms with van der Waals surface area (Å²) in [5.41, 5.74) is 8.50. The van der Waals surface area contributed by atoms with E-state index < -0.39 is 54.3 Å². The van der Waals surface area contributed by atoms with E-state index in [1.54, 1.807) is 58.9 Å². The number of rotatable bonds is 28. The largest absolute Gasteiger partial charge is 0.493 e. The van der Waals surface area contributed by atoms with Gasteiger partial charge in [-0.15, -0.1) is 11.6 Å². The van der Waals surface area contributed by atoms with Crippen LogP contribution in [0, 0.1) is 5.92 Å². The summed E-state index contributed by atoms with van der Waals surface area (Å²) in [4.78, 5) is 130. The van der Waals surface area contributed by atoms with E-state index in [2.05, 4.69) is 20.9 Å². The molecule has 0 spiro atoms. The highest BCUT2D eigenvalue weighted by Gasteiger charge is 2.46. The van der Waals surface area contributed by atoms with Gasteiger partial charge in [-0.3, -0.25) is 38.5 Å². The van der Waals surface area contributed by atoms with Crippen LogP contribution in [0.15, 0.2) is 78.9 Å². The third kappa shape index (κ3) is 16.3. The SMILES string of the molecule is COc1cc2c(cc1OCCCCCC(=O)N1C[C@@H](CCl)c3c1cc(OC(=O)N1CCN(C)CC1)c1ccccc31)N(C(=O)OCc1ccc(NC(=O)[C@H](CCCCN)NC(=O)[C@@H](NC(=O)CCCCCN3C(=O)C=CC3=O)C(C)C)cc1)[C@@H](O)[C@@H]1CCCN1C2=O. The summed E-state index contributed by atoms with van der Waals surface area (Å²) >= 11 is 6.56. The van der Waals surface area contributed by atoms with E-state index >= 15 is 0 Å². The number of amides is 9. The molecule has 4 aromatic rings. The summed E-state index contributed by atoms with van der Waals surface area (Å²) in [6.07, 6.45) is 5.70. The molecule has 9 rings (SSSR count). The molecule has 494 valence electrons. The molecule has 4 aromatic carbocycles. The first kappa shape index (κ1) is 68.1. The van der Waals surface area contributed by atoms with E-state index in [1.807, 2.05) is 31.3 Å². The number of carbonyl (C=O) groups excluding carboxylic acids is 9. The number of methoxy groups -OCH3 is 1. The summed E-state index contributed by atoms with van der Waals surface area (Å²) in [5.74, 6) is -1.86. The van der Waals surface area contributed by atoms with Crippen molar-refractivity contribution in [2.75, 3.05) is 94.1 Å². The van der Waals surface area contributed by atoms with Gasteiger partial charge in [-0.25, -0.2) is 14.5 Å². The number of hydrogen-bond donors (Lipinski definition) is 5. The smallest absolute Gasteiger partial charge is 0.416 e. The van der Waals surface area contributed by atoms with Crippen molar-refractivity contribution in [2.45, 2.75) is 134 Å². The van der Waals surface area contributed by atoms with Crippen LogP contribution < -0.4 is 45.7 Å². The van der Waals surface area contributed by atoms with Crippen molar-refractivity contribution in [3.63, 3.8) is 0 Å². The van der Waals surface area contributed by atoms with Gasteiger partial charge in [0.05, 0.1) is 36.7 Å². The van der Waals surface area contributed by atoms with Crippen molar-refractivity contribution in [3.05, 3.63) is 95.6 Å². The Balaban J connectivity index is 0.791. The molecular weight excluding hydrogens is 1200 g/mol. The molecule has 9 amide bonds. The first-order chi connectivity index (χ1) is 44.4. The normalized spacial score (nSPS) is 18.5. The van der Waals surface area contributed by atoms with Crippen LogP contribution in [0.5, 0.6) is 17.2 Å². The molecule has 5 aliphatic heterocycles. The van der Waals surface area contributed by atoms with E-state index in [0.29, 0.717) is 125 Å². The number of nitrogens with one attached hydrogen (secondary N) is 3. The van der Waals surface area contributed by atoms with Gasteiger partial charge in [0.1, 0.15) is 24.4 Å². The Bertz CT molecular complexity index is 3380. The number of hydrogen-bond acceptors (Lipinski definition) is 16. The second-order valence-electron chi connectivity index (χ2n) is 24.4. The molecule has 24 nitrogen and oxygen atoms in total. The van der Waals surface area contributed by atoms with Crippen LogP contribution in [0.25, 0.3) is 10.8 Å². The maximum Gasteiger partial charge on any atom is 0.416 e. The minimum Gasteiger partial charge on any atom is -0.493 e. The fourth-order valence-corrected chi connectivity index (χ4v) is 12.7. The first-order valence-corrected chi connectivity index (χ1v) is 32.5. The van der Waals surface area contributed by atoms with Gasteiger partial charge >= 0.3 is 12.2 Å². The number of unbranched alkanes of at least 4 members (excludes halogenated alkanes) is 5. The third-order valence-electron chi connectivity index (χ3n) is 17.6. The maximum atomic E-state index is 14.3. The lowest BCUT2D eigenvalue weighted by atomic mass is 9.95. The van der Waals surface area contributed by atoms with E-state index in [1.165, 1.54) is 31.4 Å². The molecule has 92 heavy (non-hydrogen) atoms. The number of aliphatic hydroxyl groups is 1. The lowest BCUT2D eigenvalue weighted by Gasteiger charge is -2.31. The zero-order valence-corrected chi connectivity index (χ0v) is 53.6. The standard InChI is InChI=1S/C67H85ClN10O14/c1-42(2)61(72-56(79)20-7-5-13-29-76-58(81)26-27-59(76)82)63(84)71-49(18-11-12-28-69)62(83)70-45-24-22-43(23-25-45)41-91-67(88)78-51-37-55(54(89-4)36-48(51)64(85)75-30-15-19-50(75)65(78)86)90-35-14-6-8-21-57(80)77-40-44(39-68)60-47-17-10-9-16-46(47)53(38-52(60)77)92-66(87)74-33-31-73(3)32-34-74/h9-10,16-17,22-27,36-38,42,44,49-50,61,65,86H,5-8,11-15,18-21,28-35,39-41,69H2,1-4H3,(H,70,83)(H,71,84)(H,72,79)/t44-,49+,50+,61+,65+/m1/s1. The van der Waals surface area contributed by atoms with Gasteiger partial charge in [0.15, 0.2) is 17.7 Å². The molecule has 5 atom stereocenters. The number of ether oxygens (including phenoxy) is 4. The van der Waals surface area contributed by atoms with Crippen LogP contribution in [-0.4, -0.2) is 182 Å². The highest BCUT2D eigenvalue weighted by atomic mass is 35.5. The van der Waals surface area contributed by atoms with Crippen molar-refractivity contribution in [1.82, 2.24) is 30.2 Å². The second kappa shape index (κ2) is 31.8. The zero-order chi connectivity index (χ0) is 65.6. The topological polar surface area (TPSA) is 292 Å². The highest BCUT2D eigenvalue weighted by molar-refractivity contribution is 6.19. The van der Waals surface area contributed by atoms with Crippen molar-refractivity contribution >= 4 is 93.0 Å². The fraction of sp³-hybridized carbons (Fsp3) is 0.507. The molecule has 0 unspecified atom stereocenters. The number of piperazine rings is 1. The van der Waals surface area contributed by atoms with E-state index in [-0.39, 0.29) is 97.2 Å². The molecule has 5 aliphatic rings. The summed E-state index contributed by atoms with van der Waals surface area (Å²) in [6.45, 7) is 7.49. The monoisotopic (exact) mass is 1290 g/mol. The predicted molar refractivity (Wildman–Crippen MR) is 346 cm³/mol. The fourth-order valence-electron chi connectivity index (χ4n) is 12.4. The summed E-state index contributed by atoms with van der Waals surface area (Å²) in [5, 5.41) is 22.1. The van der Waals surface area contributed by atoms with Crippen molar-refractivity contribution in [2.24, 2.45) is 11.7 Å². The van der Waals surface area contributed by atoms with Gasteiger partial charge in [0.25, 0.3) is 17.7 Å². The molecule has 5 heterocycles. The van der Waals surface area contributed by atoms with Gasteiger partial charge in [-0.1, -0.05) is 56.7 Å². The van der Waals surface area contributed by atoms with Crippen molar-refractivity contribution in [1.29, 1.82) is 0 Å². The number of nitrogens with two attached hydrogens (primary N) is 1. The van der Waals surface area contributed by atoms with Gasteiger partial charge in [-0.2, -0.15) is 0 Å². The van der Waals surface area contributed by atoms with Crippen LogP contribution in [0.2, 0.25) is 0 Å². The van der Waals surface area contributed by atoms with Crippen LogP contribution in [-0.2, 0) is 40.1 Å². The Morgan fingerprint density at radius 1 is 0.761 bits per heavy atom. The maximum absolute atomic E-state index is 14.3. The minimum absolute atomic E-state index is 0.0700. The number of likely N-dealkylation sites (N-methyl/N-ethyl adjacent to an activating group) is 1. The van der Waals surface area contributed by atoms with Gasteiger partial charge in [0, 0.05) is 106 Å². The Morgan fingerprint density at radius 2 is 1.47 bits per heavy atom. The van der Waals surface area contributed by atoms with Crippen LogP contribution >= 0.6 is 11.6 Å². The Morgan fingerprint density at radius 3 is 2.17 bits per heavy atom. The predicted octanol–water partition coefficient (Wildman–Crippen LogP) is 7.16. The van der Waals surface area contributed by atoms with Gasteiger partial charge in [-0.05, 0) is 118 Å².